The monoisotopic (exact) mass is 398 g/mol. The number of fused-ring (bicyclic) bond motifs is 4. The van der Waals surface area contributed by atoms with Gasteiger partial charge in [-0.2, -0.15) is 0 Å². The van der Waals surface area contributed by atoms with E-state index in [9.17, 15) is 4.79 Å². The first kappa shape index (κ1) is 20.3. The molecule has 0 amide bonds. The van der Waals surface area contributed by atoms with E-state index in [1.807, 2.05) is 12.3 Å². The quantitative estimate of drug-likeness (QED) is 0.504. The van der Waals surface area contributed by atoms with Gasteiger partial charge in [-0.1, -0.05) is 61.4 Å². The van der Waals surface area contributed by atoms with E-state index in [4.69, 9.17) is 4.99 Å². The van der Waals surface area contributed by atoms with E-state index in [0.717, 1.165) is 36.9 Å². The van der Waals surface area contributed by atoms with Gasteiger partial charge < -0.3 is 4.98 Å². The third-order valence-corrected chi connectivity index (χ3v) is 6.31. The van der Waals surface area contributed by atoms with Crippen LogP contribution in [-0.2, 0) is 18.4 Å². The summed E-state index contributed by atoms with van der Waals surface area (Å²) in [6.07, 6.45) is 14.6. The second-order valence-electron chi connectivity index (χ2n) is 8.41. The van der Waals surface area contributed by atoms with Crippen molar-refractivity contribution < 1.29 is 0 Å². The van der Waals surface area contributed by atoms with Gasteiger partial charge in [-0.25, -0.2) is 0 Å². The molecular formula is C27H30N2O. The average molecular weight is 399 g/mol. The summed E-state index contributed by atoms with van der Waals surface area (Å²) in [7, 11) is 0. The molecule has 3 nitrogen and oxygen atoms in total. The Hall–Kier alpha value is -2.94. The van der Waals surface area contributed by atoms with Crippen LogP contribution >= 0.6 is 0 Å². The van der Waals surface area contributed by atoms with E-state index in [1.54, 1.807) is 6.07 Å². The van der Waals surface area contributed by atoms with Crippen LogP contribution in [0.3, 0.4) is 0 Å². The van der Waals surface area contributed by atoms with Gasteiger partial charge >= 0.3 is 0 Å². The molecule has 2 bridgehead atoms. The Labute approximate surface area is 179 Å². The normalized spacial score (nSPS) is 24.4. The van der Waals surface area contributed by atoms with Gasteiger partial charge in [0, 0.05) is 35.9 Å². The van der Waals surface area contributed by atoms with Crippen molar-refractivity contribution in [3.63, 3.8) is 0 Å². The highest BCUT2D eigenvalue weighted by atomic mass is 16.1. The minimum Gasteiger partial charge on any atom is -0.326 e. The van der Waals surface area contributed by atoms with Crippen LogP contribution in [0, 0.1) is 5.92 Å². The number of hydrogen-bond donors (Lipinski definition) is 1. The van der Waals surface area contributed by atoms with E-state index >= 15 is 0 Å². The summed E-state index contributed by atoms with van der Waals surface area (Å²) in [4.78, 5) is 20.2. The summed E-state index contributed by atoms with van der Waals surface area (Å²) < 4.78 is 0. The topological polar surface area (TPSA) is 45.2 Å². The van der Waals surface area contributed by atoms with Crippen LogP contribution in [-0.4, -0.2) is 11.2 Å². The van der Waals surface area contributed by atoms with Crippen molar-refractivity contribution in [2.24, 2.45) is 10.9 Å². The highest BCUT2D eigenvalue weighted by Gasteiger charge is 2.46. The molecule has 2 aliphatic carbocycles. The molecule has 1 heterocycles. The second-order valence-corrected chi connectivity index (χ2v) is 8.41. The number of allylic oxidation sites excluding steroid dienone is 3. The van der Waals surface area contributed by atoms with Gasteiger partial charge in [-0.3, -0.25) is 9.79 Å². The Morgan fingerprint density at radius 3 is 2.87 bits per heavy atom. The lowest BCUT2D eigenvalue weighted by Gasteiger charge is -2.45. The van der Waals surface area contributed by atoms with Crippen molar-refractivity contribution in [3.05, 3.63) is 98.5 Å². The Bertz CT molecular complexity index is 1120. The number of aromatic nitrogens is 1. The summed E-state index contributed by atoms with van der Waals surface area (Å²) in [6, 6.07) is 12.2. The Morgan fingerprint density at radius 2 is 2.07 bits per heavy atom. The first-order chi connectivity index (χ1) is 14.6. The predicted octanol–water partition coefficient (Wildman–Crippen LogP) is 5.78. The third-order valence-electron chi connectivity index (χ3n) is 6.31. The maximum atomic E-state index is 11.9. The number of pyridine rings is 1. The highest BCUT2D eigenvalue weighted by molar-refractivity contribution is 5.80. The molecule has 0 saturated heterocycles. The number of aromatic amines is 1. The van der Waals surface area contributed by atoms with Crippen molar-refractivity contribution in [2.45, 2.75) is 52.0 Å². The van der Waals surface area contributed by atoms with E-state index in [-0.39, 0.29) is 5.56 Å². The van der Waals surface area contributed by atoms with Crippen molar-refractivity contribution in [1.29, 1.82) is 0 Å². The summed E-state index contributed by atoms with van der Waals surface area (Å²) >= 11 is 0. The van der Waals surface area contributed by atoms with E-state index in [1.165, 1.54) is 22.3 Å². The zero-order chi connectivity index (χ0) is 21.1. The molecule has 0 unspecified atom stereocenters. The van der Waals surface area contributed by atoms with Gasteiger partial charge in [0.15, 0.2) is 0 Å². The number of benzene rings is 1. The molecule has 2 aromatic rings. The molecule has 30 heavy (non-hydrogen) atoms. The van der Waals surface area contributed by atoms with Gasteiger partial charge in [-0.15, -0.1) is 0 Å². The molecule has 0 fully saturated rings. The SMILES string of the molecule is CC=C1[C@H]2C=C(C)C[C@]1(N=CC=Cc1ccccc1CCC)c1ccc(=O)[nH]c1C2. The van der Waals surface area contributed by atoms with Gasteiger partial charge in [0.2, 0.25) is 5.56 Å². The standard InChI is InChI=1S/C27H30N2O/c1-4-9-20-10-6-7-11-21(20)12-8-15-28-27-18-19(3)16-22(23(27)5-2)17-25-24(27)13-14-26(30)29-25/h5-8,10-16,22H,4,9,17-18H2,1-3H3,(H,29,30)/t22-,27+/m0/s1. The number of H-pyrrole nitrogens is 1. The number of nitrogens with zero attached hydrogens (tertiary/aromatic N) is 1. The number of rotatable bonds is 5. The van der Waals surface area contributed by atoms with E-state index < -0.39 is 5.54 Å². The van der Waals surface area contributed by atoms with Crippen molar-refractivity contribution in [2.75, 3.05) is 0 Å². The van der Waals surface area contributed by atoms with Crippen molar-refractivity contribution in [3.8, 4) is 0 Å². The molecule has 1 N–H and O–H groups in total. The summed E-state index contributed by atoms with van der Waals surface area (Å²) in [5.74, 6) is 0.292. The molecule has 3 heteroatoms. The van der Waals surface area contributed by atoms with Crippen LogP contribution in [0.4, 0.5) is 0 Å². The Balaban J connectivity index is 1.74. The average Bonchev–Trinajstić information content (AvgIpc) is 2.72. The lowest BCUT2D eigenvalue weighted by Crippen LogP contribution is -2.40. The minimum atomic E-state index is -0.427. The van der Waals surface area contributed by atoms with Crippen molar-refractivity contribution in [1.82, 2.24) is 4.98 Å². The predicted molar refractivity (Wildman–Crippen MR) is 126 cm³/mol. The van der Waals surface area contributed by atoms with Gasteiger partial charge in [0.25, 0.3) is 0 Å². The van der Waals surface area contributed by atoms with Crippen LogP contribution in [0.5, 0.6) is 0 Å². The van der Waals surface area contributed by atoms with Gasteiger partial charge in [-0.05, 0) is 55.5 Å². The second kappa shape index (κ2) is 8.43. The van der Waals surface area contributed by atoms with Gasteiger partial charge in [0.05, 0.1) is 0 Å². The molecule has 1 aromatic heterocycles. The zero-order valence-corrected chi connectivity index (χ0v) is 18.1. The molecular weight excluding hydrogens is 368 g/mol. The van der Waals surface area contributed by atoms with Crippen LogP contribution in [0.1, 0.15) is 56.0 Å². The first-order valence-corrected chi connectivity index (χ1v) is 10.9. The fraction of sp³-hybridized carbons (Fsp3) is 0.333. The maximum absolute atomic E-state index is 11.9. The van der Waals surface area contributed by atoms with Crippen LogP contribution in [0.15, 0.2) is 75.6 Å². The van der Waals surface area contributed by atoms with Crippen LogP contribution < -0.4 is 5.56 Å². The molecule has 154 valence electrons. The molecule has 0 aliphatic heterocycles. The van der Waals surface area contributed by atoms with Crippen LogP contribution in [0.2, 0.25) is 0 Å². The molecule has 0 spiro atoms. The summed E-state index contributed by atoms with van der Waals surface area (Å²) in [5.41, 5.74) is 7.01. The summed E-state index contributed by atoms with van der Waals surface area (Å²) in [6.45, 7) is 6.51. The number of hydrogen-bond acceptors (Lipinski definition) is 2. The molecule has 0 radical (unpaired) electrons. The maximum Gasteiger partial charge on any atom is 0.248 e. The molecule has 4 rings (SSSR count). The Kier molecular flexibility index (Phi) is 5.72. The molecule has 2 aliphatic rings. The number of aliphatic imine (C=N–C) groups is 1. The van der Waals surface area contributed by atoms with Crippen molar-refractivity contribution >= 4 is 12.3 Å². The lowest BCUT2D eigenvalue weighted by molar-refractivity contribution is 0.413. The third kappa shape index (κ3) is 3.65. The Morgan fingerprint density at radius 1 is 1.23 bits per heavy atom. The lowest BCUT2D eigenvalue weighted by atomic mass is 9.63. The van der Waals surface area contributed by atoms with Crippen LogP contribution in [0.25, 0.3) is 6.08 Å². The molecule has 0 saturated carbocycles. The summed E-state index contributed by atoms with van der Waals surface area (Å²) in [5, 5.41) is 0. The smallest absolute Gasteiger partial charge is 0.248 e. The van der Waals surface area contributed by atoms with E-state index in [0.29, 0.717) is 5.92 Å². The molecule has 2 atom stereocenters. The van der Waals surface area contributed by atoms with Gasteiger partial charge in [0.1, 0.15) is 5.54 Å². The van der Waals surface area contributed by atoms with E-state index in [2.05, 4.69) is 74.3 Å². The molecule has 1 aromatic carbocycles. The highest BCUT2D eigenvalue weighted by Crippen LogP contribution is 2.51. The largest absolute Gasteiger partial charge is 0.326 e. The number of aryl methyl sites for hydroxylation is 1. The number of nitrogens with one attached hydrogen (secondary N) is 1. The fourth-order valence-corrected chi connectivity index (χ4v) is 5.16. The first-order valence-electron chi connectivity index (χ1n) is 10.9. The minimum absolute atomic E-state index is 0.0389. The zero-order valence-electron chi connectivity index (χ0n) is 18.1. The fourth-order valence-electron chi connectivity index (χ4n) is 5.16.